The van der Waals surface area contributed by atoms with Gasteiger partial charge in [-0.1, -0.05) is 0 Å². The Balaban J connectivity index is 3.00. The Hall–Kier alpha value is -1.23. The number of halogens is 1. The molecule has 0 aliphatic carbocycles. The number of hydrogen-bond acceptors (Lipinski definition) is 3. The highest BCUT2D eigenvalue weighted by Gasteiger charge is 2.15. The number of carboxylic acids is 1. The molecule has 1 aromatic rings. The predicted octanol–water partition coefficient (Wildman–Crippen LogP) is 3.18. The third-order valence-electron chi connectivity index (χ3n) is 2.74. The minimum Gasteiger partial charge on any atom is -0.496 e. The van der Waals surface area contributed by atoms with Crippen molar-refractivity contribution in [1.29, 1.82) is 0 Å². The van der Waals surface area contributed by atoms with Gasteiger partial charge in [0.25, 0.3) is 0 Å². The monoisotopic (exact) mass is 316 g/mol. The molecule has 0 atom stereocenters. The minimum absolute atomic E-state index is 0.159. The van der Waals surface area contributed by atoms with Gasteiger partial charge in [-0.3, -0.25) is 4.79 Å². The van der Waals surface area contributed by atoms with Crippen molar-refractivity contribution in [2.45, 2.75) is 26.2 Å². The summed E-state index contributed by atoms with van der Waals surface area (Å²) < 4.78 is 11.5. The average Bonchev–Trinajstić information content (AvgIpc) is 2.29. The lowest BCUT2D eigenvalue weighted by Crippen LogP contribution is -2.01. The summed E-state index contributed by atoms with van der Waals surface area (Å²) in [4.78, 5) is 10.5. The molecule has 18 heavy (non-hydrogen) atoms. The molecule has 5 heteroatoms. The van der Waals surface area contributed by atoms with Crippen LogP contribution in [-0.4, -0.2) is 25.3 Å². The van der Waals surface area contributed by atoms with Crippen LogP contribution in [0.2, 0.25) is 0 Å². The van der Waals surface area contributed by atoms with Crippen LogP contribution < -0.4 is 9.47 Å². The van der Waals surface area contributed by atoms with Gasteiger partial charge in [0.05, 0.1) is 18.7 Å². The van der Waals surface area contributed by atoms with E-state index in [4.69, 9.17) is 14.6 Å². The van der Waals surface area contributed by atoms with E-state index in [-0.39, 0.29) is 6.42 Å². The molecule has 0 spiro atoms. The van der Waals surface area contributed by atoms with Crippen LogP contribution in [-0.2, 0) is 11.2 Å². The number of aliphatic carboxylic acids is 1. The van der Waals surface area contributed by atoms with Crippen molar-refractivity contribution in [2.24, 2.45) is 0 Å². The van der Waals surface area contributed by atoms with Gasteiger partial charge in [-0.25, -0.2) is 0 Å². The smallest absolute Gasteiger partial charge is 0.303 e. The lowest BCUT2D eigenvalue weighted by atomic mass is 10.0. The van der Waals surface area contributed by atoms with Gasteiger partial charge in [0, 0.05) is 12.0 Å². The molecule has 0 fully saturated rings. The highest BCUT2D eigenvalue weighted by Crippen LogP contribution is 2.38. The molecule has 0 radical (unpaired) electrons. The highest BCUT2D eigenvalue weighted by molar-refractivity contribution is 9.10. The Kier molecular flexibility index (Phi) is 5.47. The van der Waals surface area contributed by atoms with Gasteiger partial charge in [0.2, 0.25) is 0 Å². The van der Waals surface area contributed by atoms with Gasteiger partial charge >= 0.3 is 5.97 Å². The molecule has 0 saturated heterocycles. The molecule has 1 rings (SSSR count). The molecule has 4 nitrogen and oxygen atoms in total. The standard InChI is InChI=1S/C13H17BrO4/c1-8-12(17-2)9(5-4-6-11(15)16)7-10(14)13(8)18-3/h7H,4-6H2,1-3H3,(H,15,16). The fourth-order valence-electron chi connectivity index (χ4n) is 1.96. The second-order valence-corrected chi connectivity index (χ2v) is 4.81. The van der Waals surface area contributed by atoms with Crippen LogP contribution in [0.15, 0.2) is 10.5 Å². The zero-order chi connectivity index (χ0) is 13.7. The fourth-order valence-corrected chi connectivity index (χ4v) is 2.69. The molecular weight excluding hydrogens is 300 g/mol. The van der Waals surface area contributed by atoms with Crippen molar-refractivity contribution < 1.29 is 19.4 Å². The number of benzene rings is 1. The summed E-state index contributed by atoms with van der Waals surface area (Å²) in [5.74, 6) is 0.729. The van der Waals surface area contributed by atoms with Crippen LogP contribution in [0.5, 0.6) is 11.5 Å². The Morgan fingerprint density at radius 1 is 1.33 bits per heavy atom. The van der Waals surface area contributed by atoms with Crippen LogP contribution in [0.4, 0.5) is 0 Å². The van der Waals surface area contributed by atoms with Crippen molar-refractivity contribution in [3.05, 3.63) is 21.7 Å². The van der Waals surface area contributed by atoms with E-state index < -0.39 is 5.97 Å². The first-order valence-corrected chi connectivity index (χ1v) is 6.42. The Labute approximate surface area is 115 Å². The third kappa shape index (κ3) is 3.38. The van der Waals surface area contributed by atoms with E-state index in [2.05, 4.69) is 15.9 Å². The summed E-state index contributed by atoms with van der Waals surface area (Å²) in [5.41, 5.74) is 1.91. The molecule has 0 bridgehead atoms. The Morgan fingerprint density at radius 2 is 1.94 bits per heavy atom. The second kappa shape index (κ2) is 6.64. The van der Waals surface area contributed by atoms with Crippen LogP contribution in [0.3, 0.4) is 0 Å². The number of methoxy groups -OCH3 is 2. The Morgan fingerprint density at radius 3 is 2.44 bits per heavy atom. The summed E-state index contributed by atoms with van der Waals surface area (Å²) in [5, 5.41) is 8.65. The van der Waals surface area contributed by atoms with E-state index in [1.54, 1.807) is 14.2 Å². The SMILES string of the molecule is COc1c(Br)cc(CCCC(=O)O)c(OC)c1C. The van der Waals surface area contributed by atoms with E-state index in [1.807, 2.05) is 13.0 Å². The molecule has 100 valence electrons. The molecule has 0 aromatic heterocycles. The predicted molar refractivity (Wildman–Crippen MR) is 72.6 cm³/mol. The van der Waals surface area contributed by atoms with Crippen molar-refractivity contribution in [2.75, 3.05) is 14.2 Å². The average molecular weight is 317 g/mol. The second-order valence-electron chi connectivity index (χ2n) is 3.96. The molecule has 0 saturated carbocycles. The van der Waals surface area contributed by atoms with Crippen molar-refractivity contribution in [3.8, 4) is 11.5 Å². The summed E-state index contributed by atoms with van der Waals surface area (Å²) >= 11 is 3.45. The van der Waals surface area contributed by atoms with Gasteiger partial charge in [0.15, 0.2) is 0 Å². The molecule has 1 aromatic carbocycles. The van der Waals surface area contributed by atoms with Crippen molar-refractivity contribution >= 4 is 21.9 Å². The molecule has 0 aliphatic rings. The summed E-state index contributed by atoms with van der Waals surface area (Å²) in [7, 11) is 3.22. The van der Waals surface area contributed by atoms with E-state index in [0.29, 0.717) is 12.8 Å². The lowest BCUT2D eigenvalue weighted by molar-refractivity contribution is -0.137. The van der Waals surface area contributed by atoms with Crippen LogP contribution >= 0.6 is 15.9 Å². The number of carboxylic acid groups (broad SMARTS) is 1. The normalized spacial score (nSPS) is 10.2. The quantitative estimate of drug-likeness (QED) is 0.875. The summed E-state index contributed by atoms with van der Waals surface area (Å²) in [6.45, 7) is 1.92. The largest absolute Gasteiger partial charge is 0.496 e. The minimum atomic E-state index is -0.779. The van der Waals surface area contributed by atoms with Gasteiger partial charge in [0.1, 0.15) is 11.5 Å². The van der Waals surface area contributed by atoms with E-state index in [9.17, 15) is 4.79 Å². The number of ether oxygens (including phenoxy) is 2. The van der Waals surface area contributed by atoms with Crippen molar-refractivity contribution in [3.63, 3.8) is 0 Å². The van der Waals surface area contributed by atoms with E-state index in [0.717, 1.165) is 27.1 Å². The van der Waals surface area contributed by atoms with Gasteiger partial charge in [-0.2, -0.15) is 0 Å². The molecule has 0 unspecified atom stereocenters. The number of aryl methyl sites for hydroxylation is 1. The molecule has 0 amide bonds. The zero-order valence-electron chi connectivity index (χ0n) is 10.7. The first kappa shape index (κ1) is 14.8. The summed E-state index contributed by atoms with van der Waals surface area (Å²) in [6, 6.07) is 1.92. The number of rotatable bonds is 6. The maximum absolute atomic E-state index is 10.5. The van der Waals surface area contributed by atoms with Crippen LogP contribution in [0, 0.1) is 6.92 Å². The van der Waals surface area contributed by atoms with Gasteiger partial charge in [-0.05, 0) is 47.3 Å². The molecule has 0 aliphatic heterocycles. The maximum Gasteiger partial charge on any atom is 0.303 e. The van der Waals surface area contributed by atoms with Gasteiger partial charge < -0.3 is 14.6 Å². The van der Waals surface area contributed by atoms with Crippen molar-refractivity contribution in [1.82, 2.24) is 0 Å². The number of carbonyl (C=O) groups is 1. The number of hydrogen-bond donors (Lipinski definition) is 1. The topological polar surface area (TPSA) is 55.8 Å². The molecular formula is C13H17BrO4. The zero-order valence-corrected chi connectivity index (χ0v) is 12.3. The highest BCUT2D eigenvalue weighted by atomic mass is 79.9. The van der Waals surface area contributed by atoms with E-state index in [1.165, 1.54) is 0 Å². The maximum atomic E-state index is 10.5. The van der Waals surface area contributed by atoms with Crippen LogP contribution in [0.25, 0.3) is 0 Å². The lowest BCUT2D eigenvalue weighted by Gasteiger charge is -2.16. The first-order valence-electron chi connectivity index (χ1n) is 5.63. The molecule has 0 heterocycles. The third-order valence-corrected chi connectivity index (χ3v) is 3.32. The Bertz CT molecular complexity index is 443. The fraction of sp³-hybridized carbons (Fsp3) is 0.462. The van der Waals surface area contributed by atoms with Gasteiger partial charge in [-0.15, -0.1) is 0 Å². The summed E-state index contributed by atoms with van der Waals surface area (Å²) in [6.07, 6.45) is 1.41. The first-order chi connectivity index (χ1) is 8.51. The van der Waals surface area contributed by atoms with Crippen LogP contribution in [0.1, 0.15) is 24.0 Å². The molecule has 1 N–H and O–H groups in total. The van der Waals surface area contributed by atoms with E-state index >= 15 is 0 Å².